The summed E-state index contributed by atoms with van der Waals surface area (Å²) in [5.41, 5.74) is 3.88. The average molecular weight is 233 g/mol. The first-order valence-corrected chi connectivity index (χ1v) is 5.52. The highest BCUT2D eigenvalue weighted by Crippen LogP contribution is 2.12. The van der Waals surface area contributed by atoms with Crippen molar-refractivity contribution >= 4 is 16.8 Å². The molecule has 2 rings (SSSR count). The Morgan fingerprint density at radius 1 is 1.53 bits per heavy atom. The van der Waals surface area contributed by atoms with Crippen molar-refractivity contribution in [1.82, 2.24) is 15.7 Å². The smallest absolute Gasteiger partial charge is 0.274 e. The Morgan fingerprint density at radius 3 is 3.12 bits per heavy atom. The maximum Gasteiger partial charge on any atom is 0.274 e. The molecule has 0 spiro atoms. The molecule has 1 amide bonds. The number of amides is 1. The second-order valence-corrected chi connectivity index (χ2v) is 4.31. The predicted molar refractivity (Wildman–Crippen MR) is 64.3 cm³/mol. The van der Waals surface area contributed by atoms with Crippen molar-refractivity contribution in [1.29, 1.82) is 0 Å². The van der Waals surface area contributed by atoms with E-state index < -0.39 is 0 Å². The van der Waals surface area contributed by atoms with Crippen molar-refractivity contribution in [3.8, 4) is 0 Å². The van der Waals surface area contributed by atoms with E-state index in [-0.39, 0.29) is 5.91 Å². The molecule has 90 valence electrons. The van der Waals surface area contributed by atoms with E-state index in [0.717, 1.165) is 10.9 Å². The van der Waals surface area contributed by atoms with Gasteiger partial charge in [0.05, 0.1) is 18.3 Å². The molecule has 17 heavy (non-hydrogen) atoms. The lowest BCUT2D eigenvalue weighted by Gasteiger charge is -2.07. The zero-order chi connectivity index (χ0) is 12.3. The van der Waals surface area contributed by atoms with Crippen LogP contribution in [0.15, 0.2) is 24.4 Å². The van der Waals surface area contributed by atoms with Gasteiger partial charge in [0.15, 0.2) is 0 Å². The number of aromatic amines is 1. The van der Waals surface area contributed by atoms with Crippen molar-refractivity contribution in [3.63, 3.8) is 0 Å². The molecule has 0 aliphatic heterocycles. The van der Waals surface area contributed by atoms with Crippen LogP contribution in [0.3, 0.4) is 0 Å². The number of benzene rings is 1. The second kappa shape index (κ2) is 4.97. The van der Waals surface area contributed by atoms with Crippen molar-refractivity contribution < 1.29 is 9.63 Å². The zero-order valence-corrected chi connectivity index (χ0v) is 9.86. The first-order chi connectivity index (χ1) is 8.16. The Bertz CT molecular complexity index is 519. The van der Waals surface area contributed by atoms with Gasteiger partial charge in [0, 0.05) is 10.9 Å². The number of carbonyl (C=O) groups is 1. The molecule has 2 aromatic rings. The maximum atomic E-state index is 11.7. The minimum atomic E-state index is -0.242. The number of rotatable bonds is 4. The van der Waals surface area contributed by atoms with E-state index in [9.17, 15) is 4.79 Å². The van der Waals surface area contributed by atoms with Gasteiger partial charge in [-0.3, -0.25) is 14.7 Å². The lowest BCUT2D eigenvalue weighted by atomic mass is 10.1. The predicted octanol–water partition coefficient (Wildman–Crippen LogP) is 1.88. The molecule has 0 radical (unpaired) electrons. The van der Waals surface area contributed by atoms with Gasteiger partial charge in [-0.15, -0.1) is 0 Å². The largest absolute Gasteiger partial charge is 0.278 e. The first kappa shape index (κ1) is 11.6. The van der Waals surface area contributed by atoms with E-state index in [0.29, 0.717) is 18.1 Å². The third-order valence-electron chi connectivity index (χ3n) is 2.28. The van der Waals surface area contributed by atoms with E-state index in [4.69, 9.17) is 4.84 Å². The number of aromatic nitrogens is 2. The molecule has 0 saturated heterocycles. The quantitative estimate of drug-likeness (QED) is 0.792. The SMILES string of the molecule is CC(C)CONC(=O)c1ccc2[nH]ncc2c1. The van der Waals surface area contributed by atoms with Crippen LogP contribution in [0.4, 0.5) is 0 Å². The average Bonchev–Trinajstić information content (AvgIpc) is 2.75. The molecular formula is C12H15N3O2. The fraction of sp³-hybridized carbons (Fsp3) is 0.333. The normalized spacial score (nSPS) is 11.0. The van der Waals surface area contributed by atoms with Gasteiger partial charge in [-0.05, 0) is 24.1 Å². The molecule has 0 fully saturated rings. The highest BCUT2D eigenvalue weighted by molar-refractivity contribution is 5.97. The minimum absolute atomic E-state index is 0.242. The summed E-state index contributed by atoms with van der Waals surface area (Å²) in [7, 11) is 0. The van der Waals surface area contributed by atoms with Crippen LogP contribution in [0.1, 0.15) is 24.2 Å². The number of H-pyrrole nitrogens is 1. The van der Waals surface area contributed by atoms with Crippen LogP contribution in [0.5, 0.6) is 0 Å². The Kier molecular flexibility index (Phi) is 3.39. The molecule has 5 heteroatoms. The summed E-state index contributed by atoms with van der Waals surface area (Å²) in [5.74, 6) is 0.139. The standard InChI is InChI=1S/C12H15N3O2/c1-8(2)7-17-15-12(16)9-3-4-11-10(5-9)6-13-14-11/h3-6,8H,7H2,1-2H3,(H,13,14)(H,15,16). The van der Waals surface area contributed by atoms with Gasteiger partial charge in [0.25, 0.3) is 5.91 Å². The number of hydrogen-bond donors (Lipinski definition) is 2. The fourth-order valence-electron chi connectivity index (χ4n) is 1.42. The molecule has 0 unspecified atom stereocenters. The lowest BCUT2D eigenvalue weighted by molar-refractivity contribution is 0.0209. The summed E-state index contributed by atoms with van der Waals surface area (Å²) in [6.45, 7) is 4.53. The third kappa shape index (κ3) is 2.82. The molecule has 5 nitrogen and oxygen atoms in total. The van der Waals surface area contributed by atoms with Crippen LogP contribution in [0.25, 0.3) is 10.9 Å². The first-order valence-electron chi connectivity index (χ1n) is 5.52. The molecule has 2 N–H and O–H groups in total. The van der Waals surface area contributed by atoms with Gasteiger partial charge in [-0.2, -0.15) is 5.10 Å². The van der Waals surface area contributed by atoms with Crippen LogP contribution >= 0.6 is 0 Å². The van der Waals surface area contributed by atoms with Crippen LogP contribution in [0, 0.1) is 5.92 Å². The zero-order valence-electron chi connectivity index (χ0n) is 9.86. The van der Waals surface area contributed by atoms with Crippen molar-refractivity contribution in [3.05, 3.63) is 30.0 Å². The van der Waals surface area contributed by atoms with Crippen molar-refractivity contribution in [2.45, 2.75) is 13.8 Å². The molecule has 1 aromatic heterocycles. The Hall–Kier alpha value is -1.88. The molecule has 0 bridgehead atoms. The van der Waals surface area contributed by atoms with Gasteiger partial charge in [0.1, 0.15) is 0 Å². The highest BCUT2D eigenvalue weighted by Gasteiger charge is 2.07. The second-order valence-electron chi connectivity index (χ2n) is 4.31. The monoisotopic (exact) mass is 233 g/mol. The maximum absolute atomic E-state index is 11.7. The van der Waals surface area contributed by atoms with E-state index >= 15 is 0 Å². The van der Waals surface area contributed by atoms with E-state index in [2.05, 4.69) is 15.7 Å². The van der Waals surface area contributed by atoms with Gasteiger partial charge >= 0.3 is 0 Å². The Labute approximate surface area is 99.1 Å². The van der Waals surface area contributed by atoms with Crippen LogP contribution in [-0.2, 0) is 4.84 Å². The number of carbonyl (C=O) groups excluding carboxylic acids is 1. The summed E-state index contributed by atoms with van der Waals surface area (Å²) in [6.07, 6.45) is 1.68. The fourth-order valence-corrected chi connectivity index (χ4v) is 1.42. The summed E-state index contributed by atoms with van der Waals surface area (Å²) in [6, 6.07) is 5.32. The number of fused-ring (bicyclic) bond motifs is 1. The molecular weight excluding hydrogens is 218 g/mol. The van der Waals surface area contributed by atoms with Crippen LogP contribution in [-0.4, -0.2) is 22.7 Å². The number of hydrogen-bond acceptors (Lipinski definition) is 3. The molecule has 0 aliphatic rings. The van der Waals surface area contributed by atoms with Crippen LogP contribution < -0.4 is 5.48 Å². The summed E-state index contributed by atoms with van der Waals surface area (Å²) in [5, 5.41) is 7.63. The van der Waals surface area contributed by atoms with E-state index in [1.165, 1.54) is 0 Å². The molecule has 1 aromatic carbocycles. The molecule has 0 saturated carbocycles. The third-order valence-corrected chi connectivity index (χ3v) is 2.28. The number of nitrogens with zero attached hydrogens (tertiary/aromatic N) is 1. The lowest BCUT2D eigenvalue weighted by Crippen LogP contribution is -2.25. The summed E-state index contributed by atoms with van der Waals surface area (Å²) in [4.78, 5) is 16.8. The van der Waals surface area contributed by atoms with Gasteiger partial charge in [0.2, 0.25) is 0 Å². The van der Waals surface area contributed by atoms with Gasteiger partial charge < -0.3 is 0 Å². The van der Waals surface area contributed by atoms with Gasteiger partial charge in [-0.25, -0.2) is 5.48 Å². The molecule has 1 heterocycles. The van der Waals surface area contributed by atoms with Crippen LogP contribution in [0.2, 0.25) is 0 Å². The highest BCUT2D eigenvalue weighted by atomic mass is 16.6. The topological polar surface area (TPSA) is 67.0 Å². The van der Waals surface area contributed by atoms with E-state index in [1.54, 1.807) is 18.3 Å². The molecule has 0 aliphatic carbocycles. The molecule has 0 atom stereocenters. The van der Waals surface area contributed by atoms with Crippen molar-refractivity contribution in [2.24, 2.45) is 5.92 Å². The number of nitrogens with one attached hydrogen (secondary N) is 2. The van der Waals surface area contributed by atoms with Crippen molar-refractivity contribution in [2.75, 3.05) is 6.61 Å². The Balaban J connectivity index is 2.03. The minimum Gasteiger partial charge on any atom is -0.278 e. The number of hydroxylamine groups is 1. The Morgan fingerprint density at radius 2 is 2.35 bits per heavy atom. The van der Waals surface area contributed by atoms with E-state index in [1.807, 2.05) is 19.9 Å². The van der Waals surface area contributed by atoms with Gasteiger partial charge in [-0.1, -0.05) is 13.8 Å². The summed E-state index contributed by atoms with van der Waals surface area (Å²) < 4.78 is 0. The summed E-state index contributed by atoms with van der Waals surface area (Å²) >= 11 is 0.